The van der Waals surface area contributed by atoms with E-state index in [1.54, 1.807) is 11.0 Å². The molecule has 0 saturated carbocycles. The summed E-state index contributed by atoms with van der Waals surface area (Å²) in [6.45, 7) is 4.18. The molecule has 0 spiro atoms. The summed E-state index contributed by atoms with van der Waals surface area (Å²) in [5, 5.41) is 3.27. The fraction of sp³-hybridized carbons (Fsp3) is 0.417. The van der Waals surface area contributed by atoms with Crippen molar-refractivity contribution in [3.8, 4) is 0 Å². The first kappa shape index (κ1) is 12.8. The van der Waals surface area contributed by atoms with Crippen molar-refractivity contribution in [2.75, 3.05) is 19.6 Å². The van der Waals surface area contributed by atoms with Gasteiger partial charge in [0.15, 0.2) is 0 Å². The van der Waals surface area contributed by atoms with E-state index >= 15 is 0 Å². The number of nitrogens with zero attached hydrogens (tertiary/aromatic N) is 1. The zero-order chi connectivity index (χ0) is 12.4. The van der Waals surface area contributed by atoms with E-state index in [-0.39, 0.29) is 11.7 Å². The summed E-state index contributed by atoms with van der Waals surface area (Å²) in [4.78, 5) is 13.9. The molecule has 1 saturated heterocycles. The Morgan fingerprint density at radius 3 is 2.94 bits per heavy atom. The van der Waals surface area contributed by atoms with E-state index in [0.717, 1.165) is 10.1 Å². The fourth-order valence-corrected chi connectivity index (χ4v) is 2.61. The predicted molar refractivity (Wildman–Crippen MR) is 72.5 cm³/mol. The van der Waals surface area contributed by atoms with Crippen LogP contribution in [0.4, 0.5) is 4.39 Å². The highest BCUT2D eigenvalue weighted by molar-refractivity contribution is 14.1. The van der Waals surface area contributed by atoms with Gasteiger partial charge in [0.1, 0.15) is 5.82 Å². The van der Waals surface area contributed by atoms with Gasteiger partial charge in [-0.15, -0.1) is 0 Å². The monoisotopic (exact) mass is 348 g/mol. The second-order valence-electron chi connectivity index (χ2n) is 4.26. The van der Waals surface area contributed by atoms with Crippen LogP contribution in [0.15, 0.2) is 18.2 Å². The number of benzene rings is 1. The largest absolute Gasteiger partial charge is 0.336 e. The van der Waals surface area contributed by atoms with E-state index in [0.29, 0.717) is 24.7 Å². The molecule has 1 aliphatic rings. The van der Waals surface area contributed by atoms with Gasteiger partial charge in [-0.2, -0.15) is 0 Å². The first-order valence-corrected chi connectivity index (χ1v) is 6.63. The highest BCUT2D eigenvalue weighted by atomic mass is 127. The molecule has 1 heterocycles. The van der Waals surface area contributed by atoms with Crippen LogP contribution >= 0.6 is 22.6 Å². The maximum atomic E-state index is 13.2. The minimum absolute atomic E-state index is 0.0873. The lowest BCUT2D eigenvalue weighted by Crippen LogP contribution is -2.51. The molecule has 1 atom stereocenters. The number of hydrogen-bond donors (Lipinski definition) is 1. The third kappa shape index (κ3) is 3.16. The number of amides is 1. The van der Waals surface area contributed by atoms with Crippen molar-refractivity contribution in [3.05, 3.63) is 33.1 Å². The molecule has 0 radical (unpaired) electrons. The van der Waals surface area contributed by atoms with Gasteiger partial charge in [-0.05, 0) is 47.7 Å². The smallest absolute Gasteiger partial charge is 0.254 e. The van der Waals surface area contributed by atoms with E-state index in [4.69, 9.17) is 0 Å². The molecule has 1 aromatic rings. The summed E-state index contributed by atoms with van der Waals surface area (Å²) >= 11 is 2.02. The van der Waals surface area contributed by atoms with Crippen molar-refractivity contribution in [1.82, 2.24) is 10.2 Å². The fourth-order valence-electron chi connectivity index (χ4n) is 1.98. The van der Waals surface area contributed by atoms with E-state index in [1.807, 2.05) is 29.5 Å². The normalized spacial score (nSPS) is 20.4. The minimum atomic E-state index is -0.358. The molecule has 1 N–H and O–H groups in total. The van der Waals surface area contributed by atoms with E-state index in [9.17, 15) is 9.18 Å². The highest BCUT2D eigenvalue weighted by Crippen LogP contribution is 2.14. The molecule has 0 bridgehead atoms. The predicted octanol–water partition coefficient (Wildman–Crippen LogP) is 1.86. The summed E-state index contributed by atoms with van der Waals surface area (Å²) in [7, 11) is 0. The van der Waals surface area contributed by atoms with Crippen molar-refractivity contribution in [3.63, 3.8) is 0 Å². The number of piperazine rings is 1. The van der Waals surface area contributed by atoms with Crippen LogP contribution < -0.4 is 5.32 Å². The number of halogens is 2. The van der Waals surface area contributed by atoms with Crippen molar-refractivity contribution in [1.29, 1.82) is 0 Å². The molecule has 2 rings (SSSR count). The zero-order valence-electron chi connectivity index (χ0n) is 9.54. The van der Waals surface area contributed by atoms with Gasteiger partial charge in [0, 0.05) is 34.8 Å². The Labute approximate surface area is 114 Å². The van der Waals surface area contributed by atoms with Gasteiger partial charge in [0.05, 0.1) is 0 Å². The molecule has 3 nitrogen and oxygen atoms in total. The van der Waals surface area contributed by atoms with Crippen molar-refractivity contribution in [2.45, 2.75) is 13.0 Å². The molecule has 0 aliphatic carbocycles. The molecule has 1 amide bonds. The zero-order valence-corrected chi connectivity index (χ0v) is 11.7. The van der Waals surface area contributed by atoms with Gasteiger partial charge in [0.25, 0.3) is 5.91 Å². The average molecular weight is 348 g/mol. The number of rotatable bonds is 1. The Morgan fingerprint density at radius 1 is 1.53 bits per heavy atom. The number of nitrogens with one attached hydrogen (secondary N) is 1. The second kappa shape index (κ2) is 5.30. The standard InChI is InChI=1S/C12H14FIN2O/c1-8-7-16(3-2-15-8)12(17)9-4-10(13)6-11(14)5-9/h4-6,8,15H,2-3,7H2,1H3/t8-/m1/s1. The molecular weight excluding hydrogens is 334 g/mol. The van der Waals surface area contributed by atoms with Crippen LogP contribution in [-0.4, -0.2) is 36.5 Å². The Kier molecular flexibility index (Phi) is 3.98. The van der Waals surface area contributed by atoms with E-state index in [1.165, 1.54) is 12.1 Å². The molecule has 1 fully saturated rings. The second-order valence-corrected chi connectivity index (χ2v) is 5.51. The third-order valence-corrected chi connectivity index (χ3v) is 3.39. The van der Waals surface area contributed by atoms with Crippen LogP contribution in [0, 0.1) is 9.39 Å². The molecule has 1 aromatic carbocycles. The highest BCUT2D eigenvalue weighted by Gasteiger charge is 2.22. The summed E-state index contributed by atoms with van der Waals surface area (Å²) in [5.74, 6) is -0.445. The van der Waals surface area contributed by atoms with Crippen LogP contribution in [0.3, 0.4) is 0 Å². The van der Waals surface area contributed by atoms with Crippen LogP contribution in [0.25, 0.3) is 0 Å². The van der Waals surface area contributed by atoms with Crippen molar-refractivity contribution < 1.29 is 9.18 Å². The van der Waals surface area contributed by atoms with Crippen molar-refractivity contribution in [2.24, 2.45) is 0 Å². The Bertz CT molecular complexity index is 418. The summed E-state index contributed by atoms with van der Waals surface area (Å²) in [6.07, 6.45) is 0. The quantitative estimate of drug-likeness (QED) is 0.786. The number of hydrogen-bond acceptors (Lipinski definition) is 2. The van der Waals surface area contributed by atoms with E-state index in [2.05, 4.69) is 5.32 Å². The molecule has 17 heavy (non-hydrogen) atoms. The van der Waals surface area contributed by atoms with Crippen LogP contribution in [0.2, 0.25) is 0 Å². The molecule has 5 heteroatoms. The van der Waals surface area contributed by atoms with Crippen LogP contribution in [0.5, 0.6) is 0 Å². The molecule has 1 aliphatic heterocycles. The maximum Gasteiger partial charge on any atom is 0.254 e. The first-order valence-electron chi connectivity index (χ1n) is 5.55. The first-order chi connectivity index (χ1) is 8.06. The Hall–Kier alpha value is -0.690. The average Bonchev–Trinajstić information content (AvgIpc) is 2.26. The molecule has 0 unspecified atom stereocenters. The van der Waals surface area contributed by atoms with Gasteiger partial charge < -0.3 is 10.2 Å². The lowest BCUT2D eigenvalue weighted by Gasteiger charge is -2.32. The summed E-state index contributed by atoms with van der Waals surface area (Å²) in [6, 6.07) is 4.73. The topological polar surface area (TPSA) is 32.3 Å². The van der Waals surface area contributed by atoms with Gasteiger partial charge in [-0.1, -0.05) is 0 Å². The minimum Gasteiger partial charge on any atom is -0.336 e. The lowest BCUT2D eigenvalue weighted by atomic mass is 10.1. The SMILES string of the molecule is C[C@@H]1CN(C(=O)c2cc(F)cc(I)c2)CCN1. The Balaban J connectivity index is 2.18. The summed E-state index contributed by atoms with van der Waals surface area (Å²) < 4.78 is 14.0. The Morgan fingerprint density at radius 2 is 2.29 bits per heavy atom. The maximum absolute atomic E-state index is 13.2. The van der Waals surface area contributed by atoms with Gasteiger partial charge >= 0.3 is 0 Å². The number of carbonyl (C=O) groups is 1. The number of carbonyl (C=O) groups excluding carboxylic acids is 1. The van der Waals surface area contributed by atoms with Gasteiger partial charge in [-0.25, -0.2) is 4.39 Å². The lowest BCUT2D eigenvalue weighted by molar-refractivity contribution is 0.0708. The third-order valence-electron chi connectivity index (χ3n) is 2.77. The van der Waals surface area contributed by atoms with Gasteiger partial charge in [-0.3, -0.25) is 4.79 Å². The van der Waals surface area contributed by atoms with Crippen LogP contribution in [-0.2, 0) is 0 Å². The summed E-state index contributed by atoms with van der Waals surface area (Å²) in [5.41, 5.74) is 0.434. The van der Waals surface area contributed by atoms with Crippen molar-refractivity contribution >= 4 is 28.5 Å². The molecular formula is C12H14FIN2O. The molecule has 92 valence electrons. The molecule has 0 aromatic heterocycles. The van der Waals surface area contributed by atoms with Crippen LogP contribution in [0.1, 0.15) is 17.3 Å². The van der Waals surface area contributed by atoms with E-state index < -0.39 is 0 Å². The van der Waals surface area contributed by atoms with Gasteiger partial charge in [0.2, 0.25) is 0 Å².